The van der Waals surface area contributed by atoms with Crippen LogP contribution in [0.2, 0.25) is 0 Å². The van der Waals surface area contributed by atoms with E-state index < -0.39 is 17.7 Å². The van der Waals surface area contributed by atoms with Crippen molar-refractivity contribution in [2.24, 2.45) is 0 Å². The molecule has 5 rings (SSSR count). The Morgan fingerprint density at radius 3 is 2.39 bits per heavy atom. The number of aliphatic hydroxyl groups is 1. The summed E-state index contributed by atoms with van der Waals surface area (Å²) in [5.41, 5.74) is 2.88. The number of carbonyl (C=O) groups excluding carboxylic acids is 2. The lowest BCUT2D eigenvalue weighted by molar-refractivity contribution is -0.132. The number of nitrogens with zero attached hydrogens (tertiary/aromatic N) is 2. The number of anilines is 1. The zero-order valence-electron chi connectivity index (χ0n) is 20.0. The summed E-state index contributed by atoms with van der Waals surface area (Å²) in [5, 5.41) is 11.7. The van der Waals surface area contributed by atoms with Crippen LogP contribution >= 0.6 is 11.3 Å². The molecule has 0 saturated carbocycles. The Labute approximate surface area is 212 Å². The molecular weight excluding hydrogens is 476 g/mol. The predicted molar refractivity (Wildman–Crippen MR) is 140 cm³/mol. The summed E-state index contributed by atoms with van der Waals surface area (Å²) in [6, 6.07) is 18.8. The number of ketones is 1. The topological polar surface area (TPSA) is 89.0 Å². The average Bonchev–Trinajstić information content (AvgIpc) is 3.42. The fraction of sp³-hybridized carbons (Fsp3) is 0.179. The van der Waals surface area contributed by atoms with E-state index >= 15 is 0 Å². The molecule has 0 radical (unpaired) electrons. The Morgan fingerprint density at radius 1 is 1.03 bits per heavy atom. The van der Waals surface area contributed by atoms with Crippen LogP contribution in [0, 0.1) is 6.92 Å². The number of fused-ring (bicyclic) bond motifs is 1. The molecule has 7 nitrogen and oxygen atoms in total. The smallest absolute Gasteiger partial charge is 0.301 e. The second-order valence-electron chi connectivity index (χ2n) is 8.37. The van der Waals surface area contributed by atoms with Crippen LogP contribution in [0.1, 0.15) is 29.7 Å². The van der Waals surface area contributed by atoms with Gasteiger partial charge in [-0.25, -0.2) is 4.98 Å². The highest BCUT2D eigenvalue weighted by Gasteiger charge is 2.48. The van der Waals surface area contributed by atoms with Crippen LogP contribution in [0.4, 0.5) is 5.13 Å². The van der Waals surface area contributed by atoms with Gasteiger partial charge in [0, 0.05) is 5.56 Å². The summed E-state index contributed by atoms with van der Waals surface area (Å²) in [6.45, 7) is 4.40. The van der Waals surface area contributed by atoms with Gasteiger partial charge >= 0.3 is 5.91 Å². The molecular formula is C28H24N2O5S. The van der Waals surface area contributed by atoms with E-state index in [1.807, 2.05) is 32.0 Å². The molecule has 0 spiro atoms. The summed E-state index contributed by atoms with van der Waals surface area (Å²) in [5.74, 6) is -0.477. The van der Waals surface area contributed by atoms with Crippen LogP contribution in [-0.4, -0.2) is 35.5 Å². The molecule has 0 aliphatic carbocycles. The Hall–Kier alpha value is -4.17. The van der Waals surface area contributed by atoms with Crippen molar-refractivity contribution < 1.29 is 24.2 Å². The largest absolute Gasteiger partial charge is 0.507 e. The molecule has 0 bridgehead atoms. The highest BCUT2D eigenvalue weighted by atomic mass is 32.1. The number of aliphatic hydroxyl groups excluding tert-OH is 1. The van der Waals surface area contributed by atoms with Gasteiger partial charge in [0.2, 0.25) is 0 Å². The van der Waals surface area contributed by atoms with Crippen LogP contribution in [0.25, 0.3) is 16.0 Å². The third-order valence-corrected chi connectivity index (χ3v) is 7.07. The van der Waals surface area contributed by atoms with Crippen molar-refractivity contribution in [2.75, 3.05) is 18.6 Å². The first-order valence-electron chi connectivity index (χ1n) is 11.5. The van der Waals surface area contributed by atoms with Gasteiger partial charge in [0.25, 0.3) is 5.78 Å². The molecule has 1 aromatic heterocycles. The van der Waals surface area contributed by atoms with Crippen molar-refractivity contribution in [3.05, 3.63) is 89.0 Å². The van der Waals surface area contributed by atoms with Gasteiger partial charge < -0.3 is 14.6 Å². The Balaban J connectivity index is 1.68. The van der Waals surface area contributed by atoms with Crippen LogP contribution in [0.3, 0.4) is 0 Å². The van der Waals surface area contributed by atoms with Gasteiger partial charge in [0.1, 0.15) is 17.3 Å². The molecule has 36 heavy (non-hydrogen) atoms. The fourth-order valence-electron chi connectivity index (χ4n) is 4.29. The van der Waals surface area contributed by atoms with Gasteiger partial charge in [0.15, 0.2) is 5.13 Å². The number of hydrogen-bond donors (Lipinski definition) is 1. The van der Waals surface area contributed by atoms with E-state index in [4.69, 9.17) is 9.47 Å². The van der Waals surface area contributed by atoms with Gasteiger partial charge in [-0.1, -0.05) is 29.5 Å². The number of hydrogen-bond acceptors (Lipinski definition) is 7. The number of benzene rings is 3. The van der Waals surface area contributed by atoms with Crippen LogP contribution in [-0.2, 0) is 9.59 Å². The first-order valence-corrected chi connectivity index (χ1v) is 12.3. The molecule has 1 amide bonds. The zero-order valence-corrected chi connectivity index (χ0v) is 20.8. The van der Waals surface area contributed by atoms with E-state index in [0.29, 0.717) is 34.4 Å². The van der Waals surface area contributed by atoms with Crippen molar-refractivity contribution in [3.8, 4) is 11.5 Å². The summed E-state index contributed by atoms with van der Waals surface area (Å²) < 4.78 is 11.7. The SMILES string of the molecule is CCOc1ccc([C@H]2/C(=C(\O)c3ccc(OC)cc3)C(=O)C(=O)N2c2nc3ccc(C)cc3s2)cc1. The first kappa shape index (κ1) is 23.6. The molecule has 0 unspecified atom stereocenters. The standard InChI is InChI=1S/C28H24N2O5S/c1-4-35-20-12-6-17(7-13-20)24-23(25(31)18-8-10-19(34-3)11-9-18)26(32)27(33)30(24)28-29-21-14-5-16(2)15-22(21)36-28/h5-15,24,31H,4H2,1-3H3/b25-23+/t24-/m0/s1. The molecule has 2 heterocycles. The molecule has 8 heteroatoms. The number of aryl methyl sites for hydroxylation is 1. The number of rotatable bonds is 6. The Morgan fingerprint density at radius 2 is 1.72 bits per heavy atom. The molecule has 1 aliphatic rings. The molecule has 1 fully saturated rings. The van der Waals surface area contributed by atoms with Crippen LogP contribution in [0.5, 0.6) is 11.5 Å². The average molecular weight is 501 g/mol. The first-order chi connectivity index (χ1) is 17.4. The monoisotopic (exact) mass is 500 g/mol. The summed E-state index contributed by atoms with van der Waals surface area (Å²) in [6.07, 6.45) is 0. The second-order valence-corrected chi connectivity index (χ2v) is 9.38. The van der Waals surface area contributed by atoms with Gasteiger partial charge in [-0.15, -0.1) is 0 Å². The lowest BCUT2D eigenvalue weighted by atomic mass is 9.95. The number of Topliss-reactive ketones (excluding diaryl/α,β-unsaturated/α-hetero) is 1. The second kappa shape index (κ2) is 9.47. The lowest BCUT2D eigenvalue weighted by Crippen LogP contribution is -2.29. The van der Waals surface area contributed by atoms with E-state index in [1.54, 1.807) is 55.6 Å². The fourth-order valence-corrected chi connectivity index (χ4v) is 5.38. The number of carbonyl (C=O) groups is 2. The quantitative estimate of drug-likeness (QED) is 0.209. The van der Waals surface area contributed by atoms with Crippen LogP contribution < -0.4 is 14.4 Å². The molecule has 3 aromatic carbocycles. The number of aromatic nitrogens is 1. The minimum absolute atomic E-state index is 0.00441. The van der Waals surface area contributed by atoms with Crippen molar-refractivity contribution in [1.82, 2.24) is 4.98 Å². The van der Waals surface area contributed by atoms with Gasteiger partial charge in [-0.3, -0.25) is 14.5 Å². The van der Waals surface area contributed by atoms with Gasteiger partial charge in [0.05, 0.1) is 35.5 Å². The van der Waals surface area contributed by atoms with E-state index in [9.17, 15) is 14.7 Å². The zero-order chi connectivity index (χ0) is 25.4. The molecule has 1 atom stereocenters. The van der Waals surface area contributed by atoms with Gasteiger partial charge in [-0.05, 0) is 73.5 Å². The number of amides is 1. The molecule has 1 N–H and O–H groups in total. The minimum Gasteiger partial charge on any atom is -0.507 e. The Bertz CT molecular complexity index is 1490. The summed E-state index contributed by atoms with van der Waals surface area (Å²) in [7, 11) is 1.55. The van der Waals surface area contributed by atoms with E-state index in [-0.39, 0.29) is 11.3 Å². The van der Waals surface area contributed by atoms with E-state index in [1.165, 1.54) is 16.2 Å². The lowest BCUT2D eigenvalue weighted by Gasteiger charge is -2.23. The normalized spacial score (nSPS) is 17.1. The highest BCUT2D eigenvalue weighted by Crippen LogP contribution is 2.44. The van der Waals surface area contributed by atoms with Crippen LogP contribution in [0.15, 0.2) is 72.3 Å². The predicted octanol–water partition coefficient (Wildman–Crippen LogP) is 5.64. The third kappa shape index (κ3) is 4.09. The molecule has 4 aromatic rings. The Kier molecular flexibility index (Phi) is 6.20. The molecule has 1 aliphatic heterocycles. The van der Waals surface area contributed by atoms with Crippen molar-refractivity contribution in [1.29, 1.82) is 0 Å². The maximum atomic E-state index is 13.4. The maximum absolute atomic E-state index is 13.4. The van der Waals surface area contributed by atoms with E-state index in [2.05, 4.69) is 4.98 Å². The minimum atomic E-state index is -0.857. The summed E-state index contributed by atoms with van der Waals surface area (Å²) in [4.78, 5) is 32.8. The molecule has 182 valence electrons. The maximum Gasteiger partial charge on any atom is 0.301 e. The van der Waals surface area contributed by atoms with Gasteiger partial charge in [-0.2, -0.15) is 0 Å². The van der Waals surface area contributed by atoms with Crippen molar-refractivity contribution in [3.63, 3.8) is 0 Å². The molecule has 1 saturated heterocycles. The van der Waals surface area contributed by atoms with Crippen molar-refractivity contribution in [2.45, 2.75) is 19.9 Å². The number of methoxy groups -OCH3 is 1. The van der Waals surface area contributed by atoms with E-state index in [0.717, 1.165) is 15.8 Å². The van der Waals surface area contributed by atoms with Crippen molar-refractivity contribution >= 4 is 44.1 Å². The third-order valence-electron chi connectivity index (χ3n) is 6.05. The number of ether oxygens (including phenoxy) is 2. The number of thiazole rings is 1. The summed E-state index contributed by atoms with van der Waals surface area (Å²) >= 11 is 1.33. The highest BCUT2D eigenvalue weighted by molar-refractivity contribution is 7.22.